The standard InChI is InChI=1S/C9H16N2O3S/c1-7-6-9(8(2)14-7)15(12,13)11-5-3-4-10/h6,11H,3-5,10H2,1-2H3. The molecule has 0 radical (unpaired) electrons. The first-order valence-corrected chi connectivity index (χ1v) is 6.22. The maximum Gasteiger partial charge on any atom is 0.244 e. The molecule has 15 heavy (non-hydrogen) atoms. The Balaban J connectivity index is 2.82. The van der Waals surface area contributed by atoms with Crippen molar-refractivity contribution in [2.24, 2.45) is 5.73 Å². The zero-order valence-corrected chi connectivity index (χ0v) is 9.73. The summed E-state index contributed by atoms with van der Waals surface area (Å²) < 4.78 is 31.1. The minimum absolute atomic E-state index is 0.206. The molecule has 0 saturated carbocycles. The van der Waals surface area contributed by atoms with Gasteiger partial charge in [0.1, 0.15) is 16.4 Å². The highest BCUT2D eigenvalue weighted by atomic mass is 32.2. The Bertz CT molecular complexity index is 423. The van der Waals surface area contributed by atoms with E-state index in [0.717, 1.165) is 0 Å². The van der Waals surface area contributed by atoms with Crippen molar-refractivity contribution in [1.82, 2.24) is 4.72 Å². The molecule has 0 amide bonds. The summed E-state index contributed by atoms with van der Waals surface area (Å²) >= 11 is 0. The third-order valence-electron chi connectivity index (χ3n) is 1.96. The second kappa shape index (κ2) is 4.78. The van der Waals surface area contributed by atoms with Crippen LogP contribution in [0, 0.1) is 13.8 Å². The van der Waals surface area contributed by atoms with E-state index in [9.17, 15) is 8.42 Å². The van der Waals surface area contributed by atoms with Gasteiger partial charge < -0.3 is 10.2 Å². The van der Waals surface area contributed by atoms with Crippen LogP contribution in [0.1, 0.15) is 17.9 Å². The summed E-state index contributed by atoms with van der Waals surface area (Å²) in [7, 11) is -3.44. The fraction of sp³-hybridized carbons (Fsp3) is 0.556. The molecule has 0 aliphatic rings. The fourth-order valence-corrected chi connectivity index (χ4v) is 2.57. The topological polar surface area (TPSA) is 85.3 Å². The first kappa shape index (κ1) is 12.2. The van der Waals surface area contributed by atoms with E-state index in [1.807, 2.05) is 0 Å². The van der Waals surface area contributed by atoms with Crippen LogP contribution in [0.2, 0.25) is 0 Å². The molecule has 3 N–H and O–H groups in total. The van der Waals surface area contributed by atoms with Crippen molar-refractivity contribution in [2.75, 3.05) is 13.1 Å². The average molecular weight is 232 g/mol. The Hall–Kier alpha value is -0.850. The Labute approximate surface area is 89.7 Å². The molecule has 1 aromatic rings. The SMILES string of the molecule is Cc1cc(S(=O)(=O)NCCCN)c(C)o1. The van der Waals surface area contributed by atoms with Crippen molar-refractivity contribution < 1.29 is 12.8 Å². The van der Waals surface area contributed by atoms with Gasteiger partial charge in [0.2, 0.25) is 10.0 Å². The molecule has 0 bridgehead atoms. The van der Waals surface area contributed by atoms with Gasteiger partial charge >= 0.3 is 0 Å². The van der Waals surface area contributed by atoms with Crippen LogP contribution in [0.4, 0.5) is 0 Å². The molecule has 0 spiro atoms. The highest BCUT2D eigenvalue weighted by Crippen LogP contribution is 2.18. The van der Waals surface area contributed by atoms with Crippen molar-refractivity contribution in [3.05, 3.63) is 17.6 Å². The van der Waals surface area contributed by atoms with E-state index in [2.05, 4.69) is 4.72 Å². The Kier molecular flexibility index (Phi) is 3.90. The molecule has 0 fully saturated rings. The van der Waals surface area contributed by atoms with Gasteiger partial charge in [-0.2, -0.15) is 0 Å². The number of rotatable bonds is 5. The van der Waals surface area contributed by atoms with Gasteiger partial charge in [0.25, 0.3) is 0 Å². The van der Waals surface area contributed by atoms with Gasteiger partial charge in [0.15, 0.2) is 0 Å². The van der Waals surface area contributed by atoms with Crippen LogP contribution in [-0.2, 0) is 10.0 Å². The summed E-state index contributed by atoms with van der Waals surface area (Å²) in [4.78, 5) is 0.206. The van der Waals surface area contributed by atoms with Gasteiger partial charge in [-0.05, 0) is 32.9 Å². The number of nitrogens with two attached hydrogens (primary N) is 1. The van der Waals surface area contributed by atoms with Crippen molar-refractivity contribution in [1.29, 1.82) is 0 Å². The highest BCUT2D eigenvalue weighted by Gasteiger charge is 2.19. The predicted molar refractivity (Wildman–Crippen MR) is 57.0 cm³/mol. The number of nitrogens with one attached hydrogen (secondary N) is 1. The van der Waals surface area contributed by atoms with Crippen molar-refractivity contribution >= 4 is 10.0 Å². The van der Waals surface area contributed by atoms with Gasteiger partial charge in [0.05, 0.1) is 0 Å². The number of hydrogen-bond donors (Lipinski definition) is 2. The average Bonchev–Trinajstić information content (AvgIpc) is 2.46. The maximum absolute atomic E-state index is 11.7. The van der Waals surface area contributed by atoms with Crippen LogP contribution in [0.3, 0.4) is 0 Å². The number of sulfonamides is 1. The van der Waals surface area contributed by atoms with Gasteiger partial charge in [0, 0.05) is 6.54 Å². The zero-order chi connectivity index (χ0) is 11.5. The molecule has 0 atom stereocenters. The molecule has 0 saturated heterocycles. The van der Waals surface area contributed by atoms with E-state index < -0.39 is 10.0 Å². The summed E-state index contributed by atoms with van der Waals surface area (Å²) in [5.41, 5.74) is 5.28. The molecular weight excluding hydrogens is 216 g/mol. The number of furan rings is 1. The van der Waals surface area contributed by atoms with Crippen molar-refractivity contribution in [2.45, 2.75) is 25.2 Å². The largest absolute Gasteiger partial charge is 0.465 e. The lowest BCUT2D eigenvalue weighted by atomic mass is 10.4. The Morgan fingerprint density at radius 1 is 1.47 bits per heavy atom. The lowest BCUT2D eigenvalue weighted by molar-refractivity contribution is 0.495. The Morgan fingerprint density at radius 3 is 2.60 bits per heavy atom. The molecule has 86 valence electrons. The van der Waals surface area contributed by atoms with Gasteiger partial charge in [-0.3, -0.25) is 0 Å². The quantitative estimate of drug-likeness (QED) is 0.725. The number of aryl methyl sites for hydroxylation is 2. The summed E-state index contributed by atoms with van der Waals surface area (Å²) in [6.45, 7) is 4.16. The Morgan fingerprint density at radius 2 is 2.13 bits per heavy atom. The second-order valence-electron chi connectivity index (χ2n) is 3.32. The highest BCUT2D eigenvalue weighted by molar-refractivity contribution is 7.89. The summed E-state index contributed by atoms with van der Waals surface area (Å²) in [5.74, 6) is 0.999. The van der Waals surface area contributed by atoms with E-state index in [4.69, 9.17) is 10.2 Å². The smallest absolute Gasteiger partial charge is 0.244 e. The number of hydrogen-bond acceptors (Lipinski definition) is 4. The van der Waals surface area contributed by atoms with Crippen LogP contribution in [0.5, 0.6) is 0 Å². The van der Waals surface area contributed by atoms with E-state index in [0.29, 0.717) is 31.0 Å². The lowest BCUT2D eigenvalue weighted by Crippen LogP contribution is -2.26. The summed E-state index contributed by atoms with van der Waals surface area (Å²) in [5, 5.41) is 0. The molecule has 0 unspecified atom stereocenters. The van der Waals surface area contributed by atoms with Crippen LogP contribution >= 0.6 is 0 Å². The minimum Gasteiger partial charge on any atom is -0.465 e. The van der Waals surface area contributed by atoms with E-state index in [1.165, 1.54) is 6.07 Å². The molecule has 5 nitrogen and oxygen atoms in total. The molecule has 0 aliphatic heterocycles. The normalized spacial score (nSPS) is 11.9. The zero-order valence-electron chi connectivity index (χ0n) is 8.91. The first-order valence-electron chi connectivity index (χ1n) is 4.74. The van der Waals surface area contributed by atoms with Crippen molar-refractivity contribution in [3.8, 4) is 0 Å². The van der Waals surface area contributed by atoms with E-state index >= 15 is 0 Å². The summed E-state index contributed by atoms with van der Waals surface area (Å²) in [6, 6.07) is 1.51. The van der Waals surface area contributed by atoms with Gasteiger partial charge in [-0.25, -0.2) is 13.1 Å². The fourth-order valence-electron chi connectivity index (χ4n) is 1.26. The van der Waals surface area contributed by atoms with E-state index in [-0.39, 0.29) is 4.90 Å². The molecule has 1 aromatic heterocycles. The molecule has 1 rings (SSSR count). The third kappa shape index (κ3) is 3.05. The second-order valence-corrected chi connectivity index (χ2v) is 5.05. The van der Waals surface area contributed by atoms with Crippen LogP contribution < -0.4 is 10.5 Å². The van der Waals surface area contributed by atoms with Crippen LogP contribution in [-0.4, -0.2) is 21.5 Å². The van der Waals surface area contributed by atoms with E-state index in [1.54, 1.807) is 13.8 Å². The predicted octanol–water partition coefficient (Wildman–Crippen LogP) is 0.524. The molecular formula is C9H16N2O3S. The van der Waals surface area contributed by atoms with Crippen molar-refractivity contribution in [3.63, 3.8) is 0 Å². The molecule has 0 aromatic carbocycles. The first-order chi connectivity index (χ1) is 6.97. The molecule has 6 heteroatoms. The van der Waals surface area contributed by atoms with Crippen LogP contribution in [0.15, 0.2) is 15.4 Å². The molecule has 0 aliphatic carbocycles. The lowest BCUT2D eigenvalue weighted by Gasteiger charge is -2.03. The van der Waals surface area contributed by atoms with Gasteiger partial charge in [-0.15, -0.1) is 0 Å². The van der Waals surface area contributed by atoms with Gasteiger partial charge in [-0.1, -0.05) is 0 Å². The van der Waals surface area contributed by atoms with Crippen LogP contribution in [0.25, 0.3) is 0 Å². The summed E-state index contributed by atoms with van der Waals surface area (Å²) in [6.07, 6.45) is 0.620. The monoisotopic (exact) mass is 232 g/mol. The third-order valence-corrected chi connectivity index (χ3v) is 3.53. The minimum atomic E-state index is -3.44. The molecule has 1 heterocycles. The maximum atomic E-state index is 11.7.